The molecule has 0 aliphatic rings. The fraction of sp³-hybridized carbons (Fsp3) is 0.0870. The van der Waals surface area contributed by atoms with Crippen molar-refractivity contribution in [1.29, 1.82) is 0 Å². The summed E-state index contributed by atoms with van der Waals surface area (Å²) >= 11 is 0. The summed E-state index contributed by atoms with van der Waals surface area (Å²) in [6.45, 7) is 0.357. The lowest BCUT2D eigenvalue weighted by Gasteiger charge is -2.08. The van der Waals surface area contributed by atoms with Gasteiger partial charge in [0.05, 0.1) is 6.21 Å². The van der Waals surface area contributed by atoms with E-state index in [1.54, 1.807) is 24.3 Å². The van der Waals surface area contributed by atoms with Crippen LogP contribution in [0.2, 0.25) is 0 Å². The summed E-state index contributed by atoms with van der Waals surface area (Å²) in [5.74, 6) is -0.524. The Balaban J connectivity index is 1.41. The molecule has 3 aromatic carbocycles. The number of halogens is 1. The van der Waals surface area contributed by atoms with Crippen molar-refractivity contribution in [3.63, 3.8) is 0 Å². The molecular formula is C23H20FN3O3. The van der Waals surface area contributed by atoms with Crippen LogP contribution in [-0.4, -0.2) is 24.6 Å². The zero-order chi connectivity index (χ0) is 21.2. The summed E-state index contributed by atoms with van der Waals surface area (Å²) < 4.78 is 18.3. The molecule has 2 N–H and O–H groups in total. The van der Waals surface area contributed by atoms with Gasteiger partial charge in [0, 0.05) is 12.1 Å². The van der Waals surface area contributed by atoms with Gasteiger partial charge in [-0.25, -0.2) is 9.82 Å². The van der Waals surface area contributed by atoms with Gasteiger partial charge in [0.25, 0.3) is 11.8 Å². The first kappa shape index (κ1) is 20.7. The van der Waals surface area contributed by atoms with Gasteiger partial charge in [-0.3, -0.25) is 9.59 Å². The fourth-order valence-electron chi connectivity index (χ4n) is 2.48. The molecule has 3 rings (SSSR count). The van der Waals surface area contributed by atoms with Crippen LogP contribution in [0, 0.1) is 5.82 Å². The Morgan fingerprint density at radius 2 is 1.63 bits per heavy atom. The number of carbonyl (C=O) groups is 2. The topological polar surface area (TPSA) is 79.8 Å². The molecule has 0 aliphatic heterocycles. The molecule has 0 saturated heterocycles. The first-order chi connectivity index (χ1) is 14.6. The van der Waals surface area contributed by atoms with Crippen molar-refractivity contribution in [1.82, 2.24) is 10.7 Å². The molecule has 0 heterocycles. The molecule has 30 heavy (non-hydrogen) atoms. The molecule has 0 aromatic heterocycles. The summed E-state index contributed by atoms with van der Waals surface area (Å²) in [4.78, 5) is 23.8. The normalized spacial score (nSPS) is 10.6. The molecule has 0 fully saturated rings. The van der Waals surface area contributed by atoms with Gasteiger partial charge in [-0.05, 0) is 59.7 Å². The van der Waals surface area contributed by atoms with E-state index in [0.29, 0.717) is 17.9 Å². The Bertz CT molecular complexity index is 1000. The lowest BCUT2D eigenvalue weighted by molar-refractivity contribution is -0.123. The maximum Gasteiger partial charge on any atom is 0.271 e. The highest BCUT2D eigenvalue weighted by Crippen LogP contribution is 2.11. The van der Waals surface area contributed by atoms with Crippen LogP contribution in [0.15, 0.2) is 84.0 Å². The minimum Gasteiger partial charge on any atom is -0.484 e. The monoisotopic (exact) mass is 405 g/mol. The average Bonchev–Trinajstić information content (AvgIpc) is 2.78. The highest BCUT2D eigenvalue weighted by atomic mass is 19.1. The lowest BCUT2D eigenvalue weighted by Crippen LogP contribution is -2.28. The van der Waals surface area contributed by atoms with Gasteiger partial charge >= 0.3 is 0 Å². The Kier molecular flexibility index (Phi) is 7.27. The summed E-state index contributed by atoms with van der Waals surface area (Å²) in [7, 11) is 0. The number of hydrazone groups is 1. The lowest BCUT2D eigenvalue weighted by atomic mass is 10.2. The SMILES string of the molecule is O=C(COc1ccc(/C=N/NC(=O)c2ccc(F)cc2)cc1)NCc1ccccc1. The molecule has 0 radical (unpaired) electrons. The van der Waals surface area contributed by atoms with E-state index >= 15 is 0 Å². The van der Waals surface area contributed by atoms with E-state index in [9.17, 15) is 14.0 Å². The number of rotatable bonds is 8. The molecule has 0 spiro atoms. The van der Waals surface area contributed by atoms with E-state index in [-0.39, 0.29) is 12.5 Å². The van der Waals surface area contributed by atoms with Crippen LogP contribution in [0.5, 0.6) is 5.75 Å². The van der Waals surface area contributed by atoms with Crippen LogP contribution in [0.3, 0.4) is 0 Å². The maximum atomic E-state index is 12.9. The van der Waals surface area contributed by atoms with Gasteiger partial charge in [-0.2, -0.15) is 5.10 Å². The van der Waals surface area contributed by atoms with Crippen molar-refractivity contribution < 1.29 is 18.7 Å². The summed E-state index contributed by atoms with van der Waals surface area (Å²) in [5.41, 5.74) is 4.43. The van der Waals surface area contributed by atoms with Gasteiger partial charge < -0.3 is 10.1 Å². The van der Waals surface area contributed by atoms with Crippen LogP contribution < -0.4 is 15.5 Å². The smallest absolute Gasteiger partial charge is 0.271 e. The number of ether oxygens (including phenoxy) is 1. The maximum absolute atomic E-state index is 12.9. The van der Waals surface area contributed by atoms with Crippen LogP contribution in [-0.2, 0) is 11.3 Å². The zero-order valence-corrected chi connectivity index (χ0v) is 16.0. The van der Waals surface area contributed by atoms with E-state index in [1.807, 2.05) is 30.3 Å². The van der Waals surface area contributed by atoms with Crippen LogP contribution in [0.1, 0.15) is 21.5 Å². The summed E-state index contributed by atoms with van der Waals surface area (Å²) in [5, 5.41) is 6.66. The summed E-state index contributed by atoms with van der Waals surface area (Å²) in [6, 6.07) is 21.7. The Morgan fingerprint density at radius 1 is 0.933 bits per heavy atom. The fourth-order valence-corrected chi connectivity index (χ4v) is 2.48. The zero-order valence-electron chi connectivity index (χ0n) is 16.0. The predicted molar refractivity (Wildman–Crippen MR) is 112 cm³/mol. The van der Waals surface area contributed by atoms with Crippen molar-refractivity contribution in [2.75, 3.05) is 6.61 Å². The van der Waals surface area contributed by atoms with E-state index in [4.69, 9.17) is 4.74 Å². The average molecular weight is 405 g/mol. The predicted octanol–water partition coefficient (Wildman–Crippen LogP) is 3.28. The van der Waals surface area contributed by atoms with Crippen LogP contribution in [0.25, 0.3) is 0 Å². The molecule has 6 nitrogen and oxygen atoms in total. The second kappa shape index (κ2) is 10.5. The first-order valence-corrected chi connectivity index (χ1v) is 9.22. The molecular weight excluding hydrogens is 385 g/mol. The number of hydrogen-bond acceptors (Lipinski definition) is 4. The number of nitrogens with zero attached hydrogens (tertiary/aromatic N) is 1. The summed E-state index contributed by atoms with van der Waals surface area (Å²) in [6.07, 6.45) is 1.47. The number of benzene rings is 3. The van der Waals surface area contributed by atoms with Crippen LogP contribution >= 0.6 is 0 Å². The van der Waals surface area contributed by atoms with E-state index in [0.717, 1.165) is 11.1 Å². The van der Waals surface area contributed by atoms with Crippen molar-refractivity contribution in [2.45, 2.75) is 6.54 Å². The third-order valence-electron chi connectivity index (χ3n) is 4.07. The number of nitrogens with one attached hydrogen (secondary N) is 2. The largest absolute Gasteiger partial charge is 0.484 e. The van der Waals surface area contributed by atoms with Gasteiger partial charge in [-0.1, -0.05) is 30.3 Å². The molecule has 2 amide bonds. The third kappa shape index (κ3) is 6.56. The van der Waals surface area contributed by atoms with Crippen LogP contribution in [0.4, 0.5) is 4.39 Å². The molecule has 3 aromatic rings. The van der Waals surface area contributed by atoms with Gasteiger partial charge in [0.1, 0.15) is 11.6 Å². The van der Waals surface area contributed by atoms with E-state index < -0.39 is 11.7 Å². The quantitative estimate of drug-likeness (QED) is 0.446. The molecule has 0 aliphatic carbocycles. The standard InChI is InChI=1S/C23H20FN3O3/c24-20-10-8-19(9-11-20)23(29)27-26-15-18-6-12-21(13-7-18)30-16-22(28)25-14-17-4-2-1-3-5-17/h1-13,15H,14,16H2,(H,25,28)(H,27,29)/b26-15+. The number of hydrogen-bond donors (Lipinski definition) is 2. The molecule has 152 valence electrons. The van der Waals surface area contributed by atoms with Gasteiger partial charge in [0.2, 0.25) is 0 Å². The molecule has 0 atom stereocenters. The Morgan fingerprint density at radius 3 is 2.33 bits per heavy atom. The second-order valence-corrected chi connectivity index (χ2v) is 6.33. The van der Waals surface area contributed by atoms with Gasteiger partial charge in [0.15, 0.2) is 6.61 Å². The van der Waals surface area contributed by atoms with Crippen molar-refractivity contribution >= 4 is 18.0 Å². The third-order valence-corrected chi connectivity index (χ3v) is 4.07. The van der Waals surface area contributed by atoms with Crippen molar-refractivity contribution in [3.8, 4) is 5.75 Å². The number of amides is 2. The van der Waals surface area contributed by atoms with E-state index in [1.165, 1.54) is 30.5 Å². The van der Waals surface area contributed by atoms with Gasteiger partial charge in [-0.15, -0.1) is 0 Å². The van der Waals surface area contributed by atoms with E-state index in [2.05, 4.69) is 15.8 Å². The minimum atomic E-state index is -0.437. The molecule has 0 bridgehead atoms. The molecule has 0 unspecified atom stereocenters. The first-order valence-electron chi connectivity index (χ1n) is 9.22. The molecule has 0 saturated carbocycles. The molecule has 7 heteroatoms. The Hall–Kier alpha value is -4.00. The minimum absolute atomic E-state index is 0.0893. The highest BCUT2D eigenvalue weighted by Gasteiger charge is 2.04. The number of carbonyl (C=O) groups excluding carboxylic acids is 2. The highest BCUT2D eigenvalue weighted by molar-refractivity contribution is 5.94. The second-order valence-electron chi connectivity index (χ2n) is 6.33. The van der Waals surface area contributed by atoms with Crippen molar-refractivity contribution in [2.24, 2.45) is 5.10 Å². The Labute approximate surface area is 173 Å². The van der Waals surface area contributed by atoms with Crippen molar-refractivity contribution in [3.05, 3.63) is 101 Å².